The van der Waals surface area contributed by atoms with Crippen LogP contribution in [-0.4, -0.2) is 25.9 Å². The molecule has 0 saturated heterocycles. The minimum atomic E-state index is -5.17. The molecule has 4 nitrogen and oxygen atoms in total. The van der Waals surface area contributed by atoms with Gasteiger partial charge < -0.3 is 4.57 Å². The Morgan fingerprint density at radius 1 is 1.26 bits per heavy atom. The summed E-state index contributed by atoms with van der Waals surface area (Å²) in [5.41, 5.74) is -4.36. The van der Waals surface area contributed by atoms with Gasteiger partial charge in [0.1, 0.15) is 10.9 Å². The number of hydrogen-bond acceptors (Lipinski definition) is 3. The Hall–Kier alpha value is -1.51. The maximum atomic E-state index is 14.7. The fraction of sp³-hybridized carbons (Fsp3) is 0.300. The van der Waals surface area contributed by atoms with Gasteiger partial charge in [-0.05, 0) is 28.1 Å². The largest absolute Gasteiger partial charge is 0.434 e. The van der Waals surface area contributed by atoms with Gasteiger partial charge in [-0.1, -0.05) is 0 Å². The lowest BCUT2D eigenvalue weighted by Gasteiger charge is -2.27. The van der Waals surface area contributed by atoms with E-state index >= 15 is 0 Å². The lowest BCUT2D eigenvalue weighted by molar-refractivity contribution is -0.222. The molecule has 1 atom stereocenters. The molecule has 2 aromatic heterocycles. The molecule has 9 heteroatoms. The van der Waals surface area contributed by atoms with Crippen molar-refractivity contribution in [3.05, 3.63) is 40.6 Å². The Morgan fingerprint density at radius 3 is 2.42 bits per heavy atom. The Morgan fingerprint density at radius 2 is 1.95 bits per heavy atom. The fourth-order valence-electron chi connectivity index (χ4n) is 1.63. The predicted molar refractivity (Wildman–Crippen MR) is 60.9 cm³/mol. The molecular weight excluding hydrogens is 332 g/mol. The van der Waals surface area contributed by atoms with E-state index in [1.165, 1.54) is 7.05 Å². The minimum absolute atomic E-state index is 0.0958. The van der Waals surface area contributed by atoms with E-state index in [2.05, 4.69) is 31.1 Å². The smallest absolute Gasteiger partial charge is 0.317 e. The van der Waals surface area contributed by atoms with Crippen molar-refractivity contribution in [3.8, 4) is 0 Å². The molecule has 0 aliphatic carbocycles. The third kappa shape index (κ3) is 2.22. The summed E-state index contributed by atoms with van der Waals surface area (Å²) in [6.45, 7) is 0. The molecule has 0 aliphatic heterocycles. The summed E-state index contributed by atoms with van der Waals surface area (Å²) in [7, 11) is 1.24. The molecule has 102 valence electrons. The molecule has 0 amide bonds. The normalized spacial score (nSPS) is 15.3. The molecule has 2 rings (SSSR count). The second-order valence-electron chi connectivity index (χ2n) is 3.79. The Balaban J connectivity index is 2.70. The Kier molecular flexibility index (Phi) is 3.33. The predicted octanol–water partition coefficient (Wildman–Crippen LogP) is 2.75. The van der Waals surface area contributed by atoms with E-state index in [0.717, 1.165) is 29.2 Å². The zero-order chi connectivity index (χ0) is 14.3. The lowest BCUT2D eigenvalue weighted by Crippen LogP contribution is -2.41. The van der Waals surface area contributed by atoms with Gasteiger partial charge in [0.25, 0.3) is 5.67 Å². The third-order valence-electron chi connectivity index (χ3n) is 2.53. The van der Waals surface area contributed by atoms with Crippen molar-refractivity contribution >= 4 is 15.9 Å². The number of alkyl halides is 4. The number of rotatable bonds is 2. The molecule has 2 heterocycles. The van der Waals surface area contributed by atoms with Crippen molar-refractivity contribution in [1.82, 2.24) is 19.7 Å². The molecule has 19 heavy (non-hydrogen) atoms. The van der Waals surface area contributed by atoms with E-state index in [9.17, 15) is 17.6 Å². The highest BCUT2D eigenvalue weighted by Crippen LogP contribution is 2.46. The van der Waals surface area contributed by atoms with Crippen molar-refractivity contribution in [2.75, 3.05) is 0 Å². The molecule has 0 fully saturated rings. The summed E-state index contributed by atoms with van der Waals surface area (Å²) >= 11 is 2.92. The summed E-state index contributed by atoms with van der Waals surface area (Å²) in [4.78, 5) is 3.68. The summed E-state index contributed by atoms with van der Waals surface area (Å²) in [6, 6.07) is 1.91. The first-order chi connectivity index (χ1) is 8.76. The summed E-state index contributed by atoms with van der Waals surface area (Å²) in [5.74, 6) is -0.835. The van der Waals surface area contributed by atoms with Gasteiger partial charge in [-0.3, -0.25) is 0 Å². The lowest BCUT2D eigenvalue weighted by atomic mass is 9.95. The van der Waals surface area contributed by atoms with Crippen molar-refractivity contribution in [2.24, 2.45) is 7.05 Å². The van der Waals surface area contributed by atoms with Crippen molar-refractivity contribution in [3.63, 3.8) is 0 Å². The molecule has 0 radical (unpaired) electrons. The van der Waals surface area contributed by atoms with Crippen LogP contribution < -0.4 is 0 Å². The highest BCUT2D eigenvalue weighted by molar-refractivity contribution is 9.10. The van der Waals surface area contributed by atoms with Gasteiger partial charge in [0.15, 0.2) is 5.82 Å². The maximum absolute atomic E-state index is 14.7. The highest BCUT2D eigenvalue weighted by Gasteiger charge is 2.61. The van der Waals surface area contributed by atoms with E-state index in [0.29, 0.717) is 0 Å². The van der Waals surface area contributed by atoms with Crippen LogP contribution in [0.3, 0.4) is 0 Å². The van der Waals surface area contributed by atoms with Crippen LogP contribution in [0.2, 0.25) is 0 Å². The molecule has 0 aromatic carbocycles. The SMILES string of the molecule is Cn1cnnc1C(F)(c1ccnc(Br)c1)C(F)(F)F. The van der Waals surface area contributed by atoms with Crippen LogP contribution in [0.4, 0.5) is 17.6 Å². The topological polar surface area (TPSA) is 43.6 Å². The third-order valence-corrected chi connectivity index (χ3v) is 2.97. The molecule has 0 N–H and O–H groups in total. The van der Waals surface area contributed by atoms with Gasteiger partial charge in [0.05, 0.1) is 0 Å². The van der Waals surface area contributed by atoms with E-state index in [4.69, 9.17) is 0 Å². The molecule has 1 unspecified atom stereocenters. The maximum Gasteiger partial charge on any atom is 0.434 e. The van der Waals surface area contributed by atoms with Crippen LogP contribution in [0.5, 0.6) is 0 Å². The summed E-state index contributed by atoms with van der Waals surface area (Å²) in [5, 5.41) is 6.54. The van der Waals surface area contributed by atoms with Crippen LogP contribution in [0.25, 0.3) is 0 Å². The minimum Gasteiger partial charge on any atom is -0.317 e. The quantitative estimate of drug-likeness (QED) is 0.624. The number of hydrogen-bond donors (Lipinski definition) is 0. The second kappa shape index (κ2) is 4.55. The first-order valence-electron chi connectivity index (χ1n) is 4.99. The van der Waals surface area contributed by atoms with Gasteiger partial charge in [0, 0.05) is 18.8 Å². The van der Waals surface area contributed by atoms with Crippen LogP contribution in [0.15, 0.2) is 29.3 Å². The first kappa shape index (κ1) is 13.9. The van der Waals surface area contributed by atoms with E-state index in [-0.39, 0.29) is 4.60 Å². The average Bonchev–Trinajstić information content (AvgIpc) is 2.73. The van der Waals surface area contributed by atoms with Gasteiger partial charge >= 0.3 is 6.18 Å². The number of aromatic nitrogens is 4. The summed E-state index contributed by atoms with van der Waals surface area (Å²) < 4.78 is 55.2. The molecular formula is C10H7BrF4N4. The Labute approximate surface area is 113 Å². The monoisotopic (exact) mass is 338 g/mol. The highest BCUT2D eigenvalue weighted by atomic mass is 79.9. The number of pyridine rings is 1. The second-order valence-corrected chi connectivity index (χ2v) is 4.60. The Bertz CT molecular complexity index is 597. The molecule has 0 spiro atoms. The van der Waals surface area contributed by atoms with Crippen LogP contribution in [-0.2, 0) is 12.7 Å². The van der Waals surface area contributed by atoms with Crippen LogP contribution in [0.1, 0.15) is 11.4 Å². The van der Waals surface area contributed by atoms with Gasteiger partial charge in [-0.2, -0.15) is 13.2 Å². The van der Waals surface area contributed by atoms with E-state index < -0.39 is 23.2 Å². The van der Waals surface area contributed by atoms with E-state index in [1.807, 2.05) is 0 Å². The van der Waals surface area contributed by atoms with E-state index in [1.54, 1.807) is 0 Å². The van der Waals surface area contributed by atoms with Crippen LogP contribution in [0, 0.1) is 0 Å². The fourth-order valence-corrected chi connectivity index (χ4v) is 2.00. The number of halogens is 5. The van der Waals surface area contributed by atoms with Gasteiger partial charge in [-0.25, -0.2) is 9.37 Å². The number of nitrogens with zero attached hydrogens (tertiary/aromatic N) is 4. The summed E-state index contributed by atoms with van der Waals surface area (Å²) in [6.07, 6.45) is -3.09. The number of aryl methyl sites for hydroxylation is 1. The molecule has 0 aliphatic rings. The van der Waals surface area contributed by atoms with Crippen molar-refractivity contribution in [1.29, 1.82) is 0 Å². The molecule has 2 aromatic rings. The zero-order valence-corrected chi connectivity index (χ0v) is 11.1. The standard InChI is InChI=1S/C10H7BrF4N4/c1-19-5-17-18-8(19)9(12,10(13,14)15)6-2-3-16-7(11)4-6/h2-5H,1H3. The average molecular weight is 339 g/mol. The molecule has 0 saturated carbocycles. The van der Waals surface area contributed by atoms with Crippen molar-refractivity contribution in [2.45, 2.75) is 11.8 Å². The zero-order valence-electron chi connectivity index (χ0n) is 9.49. The van der Waals surface area contributed by atoms with Crippen LogP contribution >= 0.6 is 15.9 Å². The van der Waals surface area contributed by atoms with Gasteiger partial charge in [-0.15, -0.1) is 10.2 Å². The first-order valence-corrected chi connectivity index (χ1v) is 5.78. The van der Waals surface area contributed by atoms with Gasteiger partial charge in [0.2, 0.25) is 0 Å². The molecule has 0 bridgehead atoms. The van der Waals surface area contributed by atoms with Crippen molar-refractivity contribution < 1.29 is 17.6 Å².